The minimum Gasteiger partial charge on any atom is -0.396 e. The van der Waals surface area contributed by atoms with Crippen LogP contribution in [-0.2, 0) is 0 Å². The highest BCUT2D eigenvalue weighted by molar-refractivity contribution is 4.69. The van der Waals surface area contributed by atoms with E-state index in [2.05, 4.69) is 34.6 Å². The summed E-state index contributed by atoms with van der Waals surface area (Å²) in [7, 11) is 0. The maximum atomic E-state index is 9.11. The molecule has 0 spiro atoms. The van der Waals surface area contributed by atoms with Gasteiger partial charge in [-0.1, -0.05) is 66.7 Å². The van der Waals surface area contributed by atoms with E-state index in [9.17, 15) is 0 Å². The summed E-state index contributed by atoms with van der Waals surface area (Å²) in [6.07, 6.45) is 8.98. The van der Waals surface area contributed by atoms with Gasteiger partial charge in [0.15, 0.2) is 0 Å². The lowest BCUT2D eigenvalue weighted by atomic mass is 9.81. The molecule has 0 bridgehead atoms. The van der Waals surface area contributed by atoms with Gasteiger partial charge in [0.25, 0.3) is 0 Å². The Morgan fingerprint density at radius 3 is 1.94 bits per heavy atom. The average molecular weight is 242 g/mol. The summed E-state index contributed by atoms with van der Waals surface area (Å²) < 4.78 is 0. The van der Waals surface area contributed by atoms with E-state index in [1.165, 1.54) is 38.5 Å². The van der Waals surface area contributed by atoms with Crippen molar-refractivity contribution in [2.45, 2.75) is 79.6 Å². The average Bonchev–Trinajstić information content (AvgIpc) is 2.14. The van der Waals surface area contributed by atoms with E-state index in [4.69, 9.17) is 5.11 Å². The summed E-state index contributed by atoms with van der Waals surface area (Å²) in [4.78, 5) is 0. The van der Waals surface area contributed by atoms with Gasteiger partial charge in [-0.2, -0.15) is 0 Å². The second kappa shape index (κ2) is 8.97. The lowest BCUT2D eigenvalue weighted by Crippen LogP contribution is -2.14. The lowest BCUT2D eigenvalue weighted by molar-refractivity contribution is 0.207. The van der Waals surface area contributed by atoms with E-state index in [0.717, 1.165) is 18.3 Å². The smallest absolute Gasteiger partial charge is 0.0433 e. The van der Waals surface area contributed by atoms with Gasteiger partial charge in [0.2, 0.25) is 0 Å². The van der Waals surface area contributed by atoms with Crippen LogP contribution in [0.5, 0.6) is 0 Å². The van der Waals surface area contributed by atoms with Crippen molar-refractivity contribution in [2.75, 3.05) is 6.61 Å². The molecule has 1 N–H and O–H groups in total. The number of hydrogen-bond acceptors (Lipinski definition) is 1. The topological polar surface area (TPSA) is 20.2 Å². The zero-order valence-corrected chi connectivity index (χ0v) is 12.8. The van der Waals surface area contributed by atoms with Gasteiger partial charge >= 0.3 is 0 Å². The third-order valence-electron chi connectivity index (χ3n) is 3.33. The molecule has 17 heavy (non-hydrogen) atoms. The monoisotopic (exact) mass is 242 g/mol. The highest BCUT2D eigenvalue weighted by atomic mass is 16.3. The summed E-state index contributed by atoms with van der Waals surface area (Å²) in [6.45, 7) is 11.9. The van der Waals surface area contributed by atoms with Crippen molar-refractivity contribution in [3.8, 4) is 0 Å². The van der Waals surface area contributed by atoms with Gasteiger partial charge in [0.1, 0.15) is 0 Å². The van der Waals surface area contributed by atoms with Gasteiger partial charge in [0.05, 0.1) is 0 Å². The molecule has 0 heterocycles. The Morgan fingerprint density at radius 1 is 0.882 bits per heavy atom. The summed E-state index contributed by atoms with van der Waals surface area (Å²) in [6, 6.07) is 0. The fourth-order valence-corrected chi connectivity index (χ4v) is 2.56. The molecule has 0 aliphatic carbocycles. The molecule has 1 nitrogen and oxygen atoms in total. The molecular weight excluding hydrogens is 208 g/mol. The molecule has 0 rings (SSSR count). The molecule has 0 aromatic heterocycles. The van der Waals surface area contributed by atoms with Crippen LogP contribution in [0.2, 0.25) is 0 Å². The SMILES string of the molecule is CC(C)CCCCC[C@@H](CCO)CC(C)(C)C. The van der Waals surface area contributed by atoms with Crippen molar-refractivity contribution < 1.29 is 5.11 Å². The van der Waals surface area contributed by atoms with Crippen molar-refractivity contribution in [3.63, 3.8) is 0 Å². The molecule has 1 heteroatoms. The molecule has 0 saturated heterocycles. The fraction of sp³-hybridized carbons (Fsp3) is 1.00. The Bertz CT molecular complexity index is 167. The number of aliphatic hydroxyl groups excluding tert-OH is 1. The quantitative estimate of drug-likeness (QED) is 0.562. The normalized spacial score (nSPS) is 14.3. The number of unbranched alkanes of at least 4 members (excludes halogenated alkanes) is 2. The molecule has 0 aliphatic heterocycles. The van der Waals surface area contributed by atoms with E-state index in [-0.39, 0.29) is 0 Å². The first kappa shape index (κ1) is 17.0. The second-order valence-electron chi connectivity index (χ2n) is 7.17. The van der Waals surface area contributed by atoms with E-state index >= 15 is 0 Å². The minimum absolute atomic E-state index is 0.354. The van der Waals surface area contributed by atoms with Gasteiger partial charge in [-0.15, -0.1) is 0 Å². The first-order chi connectivity index (χ1) is 7.85. The van der Waals surface area contributed by atoms with Crippen LogP contribution in [0.3, 0.4) is 0 Å². The van der Waals surface area contributed by atoms with E-state index in [0.29, 0.717) is 12.0 Å². The molecule has 0 amide bonds. The van der Waals surface area contributed by atoms with Crippen LogP contribution in [0, 0.1) is 17.3 Å². The van der Waals surface area contributed by atoms with Crippen LogP contribution in [-0.4, -0.2) is 11.7 Å². The minimum atomic E-state index is 0.354. The number of aliphatic hydroxyl groups is 1. The van der Waals surface area contributed by atoms with Crippen molar-refractivity contribution in [3.05, 3.63) is 0 Å². The van der Waals surface area contributed by atoms with Crippen LogP contribution < -0.4 is 0 Å². The molecule has 0 aliphatic rings. The van der Waals surface area contributed by atoms with Crippen molar-refractivity contribution in [1.82, 2.24) is 0 Å². The van der Waals surface area contributed by atoms with Crippen LogP contribution >= 0.6 is 0 Å². The van der Waals surface area contributed by atoms with Crippen molar-refractivity contribution in [1.29, 1.82) is 0 Å². The maximum Gasteiger partial charge on any atom is 0.0433 e. The van der Waals surface area contributed by atoms with E-state index in [1.54, 1.807) is 0 Å². The van der Waals surface area contributed by atoms with E-state index in [1.807, 2.05) is 0 Å². The molecule has 104 valence electrons. The first-order valence-corrected chi connectivity index (χ1v) is 7.46. The molecule has 0 aromatic carbocycles. The number of rotatable bonds is 9. The van der Waals surface area contributed by atoms with Crippen LogP contribution in [0.4, 0.5) is 0 Å². The summed E-state index contributed by atoms with van der Waals surface area (Å²) in [5, 5.41) is 9.11. The zero-order valence-electron chi connectivity index (χ0n) is 12.8. The molecule has 0 saturated carbocycles. The van der Waals surface area contributed by atoms with Gasteiger partial charge < -0.3 is 5.11 Å². The molecule has 1 atom stereocenters. The van der Waals surface area contributed by atoms with E-state index < -0.39 is 0 Å². The molecule has 0 unspecified atom stereocenters. The largest absolute Gasteiger partial charge is 0.396 e. The van der Waals surface area contributed by atoms with Gasteiger partial charge in [0, 0.05) is 6.61 Å². The van der Waals surface area contributed by atoms with Gasteiger partial charge in [-0.05, 0) is 30.1 Å². The van der Waals surface area contributed by atoms with Crippen LogP contribution in [0.25, 0.3) is 0 Å². The first-order valence-electron chi connectivity index (χ1n) is 7.46. The zero-order chi connectivity index (χ0) is 13.3. The third kappa shape index (κ3) is 12.2. The van der Waals surface area contributed by atoms with Crippen LogP contribution in [0.15, 0.2) is 0 Å². The van der Waals surface area contributed by atoms with Crippen molar-refractivity contribution in [2.24, 2.45) is 17.3 Å². The summed E-state index contributed by atoms with van der Waals surface area (Å²) in [5.74, 6) is 1.57. The van der Waals surface area contributed by atoms with Gasteiger partial charge in [-0.25, -0.2) is 0 Å². The Morgan fingerprint density at radius 2 is 1.47 bits per heavy atom. The summed E-state index contributed by atoms with van der Waals surface area (Å²) >= 11 is 0. The Hall–Kier alpha value is -0.0400. The Balaban J connectivity index is 3.70. The lowest BCUT2D eigenvalue weighted by Gasteiger charge is -2.25. The highest BCUT2D eigenvalue weighted by Gasteiger charge is 2.17. The Kier molecular flexibility index (Phi) is 8.94. The summed E-state index contributed by atoms with van der Waals surface area (Å²) in [5.41, 5.74) is 0.401. The molecule has 0 radical (unpaired) electrons. The van der Waals surface area contributed by atoms with Crippen LogP contribution in [0.1, 0.15) is 79.6 Å². The maximum absolute atomic E-state index is 9.11. The predicted molar refractivity (Wildman–Crippen MR) is 77.2 cm³/mol. The second-order valence-corrected chi connectivity index (χ2v) is 7.17. The predicted octanol–water partition coefficient (Wildman–Crippen LogP) is 5.03. The fourth-order valence-electron chi connectivity index (χ4n) is 2.56. The van der Waals surface area contributed by atoms with Gasteiger partial charge in [-0.3, -0.25) is 0 Å². The molecule has 0 fully saturated rings. The standard InChI is InChI=1S/C16H34O/c1-14(2)9-7-6-8-10-15(11-12-17)13-16(3,4)5/h14-15,17H,6-13H2,1-5H3/t15-/m0/s1. The number of hydrogen-bond donors (Lipinski definition) is 1. The third-order valence-corrected chi connectivity index (χ3v) is 3.33. The molecule has 0 aromatic rings. The highest BCUT2D eigenvalue weighted by Crippen LogP contribution is 2.29. The Labute approximate surface area is 109 Å². The van der Waals surface area contributed by atoms with Crippen molar-refractivity contribution >= 4 is 0 Å². The molecular formula is C16H34O.